The largest absolute Gasteiger partial charge is 0.377 e. The van der Waals surface area contributed by atoms with E-state index in [0.717, 1.165) is 40.7 Å². The van der Waals surface area contributed by atoms with E-state index in [1.54, 1.807) is 23.0 Å². The van der Waals surface area contributed by atoms with Crippen LogP contribution in [0.4, 0.5) is 5.13 Å². The van der Waals surface area contributed by atoms with Gasteiger partial charge in [0.25, 0.3) is 5.56 Å². The highest BCUT2D eigenvalue weighted by Crippen LogP contribution is 2.37. The molecule has 1 aliphatic carbocycles. The molecule has 0 fully saturated rings. The summed E-state index contributed by atoms with van der Waals surface area (Å²) in [6.07, 6.45) is 2.97. The number of thiophene rings is 1. The fourth-order valence-electron chi connectivity index (χ4n) is 4.04. The summed E-state index contributed by atoms with van der Waals surface area (Å²) in [5.74, 6) is 0.462. The monoisotopic (exact) mass is 513 g/mol. The number of aryl methyl sites for hydroxylation is 1. The third-order valence-corrected chi connectivity index (χ3v) is 8.53. The van der Waals surface area contributed by atoms with Crippen molar-refractivity contribution in [2.75, 3.05) is 18.2 Å². The second-order valence-corrected chi connectivity index (χ2v) is 11.3. The first-order valence-corrected chi connectivity index (χ1v) is 13.5. The van der Waals surface area contributed by atoms with E-state index in [1.807, 2.05) is 30.3 Å². The Bertz CT molecular complexity index is 1400. The van der Waals surface area contributed by atoms with Crippen LogP contribution in [0.25, 0.3) is 15.9 Å². The molecule has 1 atom stereocenters. The highest BCUT2D eigenvalue weighted by atomic mass is 32.2. The number of benzene rings is 1. The van der Waals surface area contributed by atoms with Crippen molar-refractivity contribution < 1.29 is 9.53 Å². The fourth-order valence-corrected chi connectivity index (χ4v) is 7.01. The number of methoxy groups -OCH3 is 1. The normalized spacial score (nSPS) is 15.4. The van der Waals surface area contributed by atoms with Crippen molar-refractivity contribution in [1.82, 2.24) is 19.7 Å². The summed E-state index contributed by atoms with van der Waals surface area (Å²) in [5, 5.41) is 13.0. The number of hydrogen-bond acceptors (Lipinski definition) is 9. The van der Waals surface area contributed by atoms with E-state index >= 15 is 0 Å². The lowest BCUT2D eigenvalue weighted by atomic mass is 9.89. The molecule has 0 saturated carbocycles. The van der Waals surface area contributed by atoms with Gasteiger partial charge in [0.05, 0.1) is 16.8 Å². The van der Waals surface area contributed by atoms with Gasteiger partial charge < -0.3 is 4.74 Å². The van der Waals surface area contributed by atoms with Crippen LogP contribution in [0.5, 0.6) is 0 Å². The molecule has 11 heteroatoms. The highest BCUT2D eigenvalue weighted by Gasteiger charge is 2.25. The van der Waals surface area contributed by atoms with Crippen LogP contribution in [0.1, 0.15) is 28.8 Å². The van der Waals surface area contributed by atoms with Gasteiger partial charge in [-0.15, -0.1) is 21.5 Å². The number of rotatable bonds is 7. The quantitative estimate of drug-likeness (QED) is 0.291. The van der Waals surface area contributed by atoms with Crippen LogP contribution in [0.2, 0.25) is 0 Å². The van der Waals surface area contributed by atoms with Crippen molar-refractivity contribution in [2.24, 2.45) is 5.92 Å². The molecule has 1 N–H and O–H groups in total. The van der Waals surface area contributed by atoms with E-state index in [4.69, 9.17) is 9.72 Å². The third kappa shape index (κ3) is 4.65. The van der Waals surface area contributed by atoms with Gasteiger partial charge in [-0.05, 0) is 42.9 Å². The third-order valence-electron chi connectivity index (χ3n) is 5.63. The van der Waals surface area contributed by atoms with Crippen LogP contribution < -0.4 is 10.9 Å². The summed E-state index contributed by atoms with van der Waals surface area (Å²) in [6.45, 7) is 2.60. The average molecular weight is 514 g/mol. The summed E-state index contributed by atoms with van der Waals surface area (Å²) in [5.41, 5.74) is 1.82. The maximum atomic E-state index is 13.8. The number of fused-ring (bicyclic) bond motifs is 3. The number of thioether (sulfide) groups is 1. The molecule has 8 nitrogen and oxygen atoms in total. The number of carbonyl (C=O) groups is 1. The topological polar surface area (TPSA) is 99.0 Å². The molecule has 34 heavy (non-hydrogen) atoms. The van der Waals surface area contributed by atoms with E-state index in [2.05, 4.69) is 22.4 Å². The van der Waals surface area contributed by atoms with Crippen molar-refractivity contribution in [3.63, 3.8) is 0 Å². The Morgan fingerprint density at radius 1 is 1.26 bits per heavy atom. The number of ether oxygens (including phenoxy) is 1. The number of hydrogen-bond donors (Lipinski definition) is 1. The average Bonchev–Trinajstić information content (AvgIpc) is 3.42. The molecule has 0 radical (unpaired) electrons. The first kappa shape index (κ1) is 23.2. The lowest BCUT2D eigenvalue weighted by molar-refractivity contribution is -0.113. The molecule has 1 unspecified atom stereocenters. The van der Waals surface area contributed by atoms with Crippen molar-refractivity contribution in [3.8, 4) is 5.69 Å². The number of amides is 1. The summed E-state index contributed by atoms with van der Waals surface area (Å²) in [6, 6.07) is 9.47. The first-order chi connectivity index (χ1) is 16.5. The van der Waals surface area contributed by atoms with E-state index < -0.39 is 0 Å². The zero-order chi connectivity index (χ0) is 23.7. The standard InChI is InChI=1S/C23H23N5O3S3/c1-13-8-9-15-16(10-13)33-20-19(15)21(30)28(14-6-4-3-5-7-14)23(25-20)32-12-17(29)24-22-27-26-18(34-22)11-31-2/h3-7,13H,8-12H2,1-2H3,(H,24,27,29). The van der Waals surface area contributed by atoms with E-state index in [-0.39, 0.29) is 17.2 Å². The minimum Gasteiger partial charge on any atom is -0.377 e. The van der Waals surface area contributed by atoms with Gasteiger partial charge in [0.2, 0.25) is 11.0 Å². The van der Waals surface area contributed by atoms with E-state index in [0.29, 0.717) is 27.8 Å². The van der Waals surface area contributed by atoms with Gasteiger partial charge in [-0.1, -0.05) is 48.2 Å². The van der Waals surface area contributed by atoms with Crippen molar-refractivity contribution in [1.29, 1.82) is 0 Å². The fraction of sp³-hybridized carbons (Fsp3) is 0.348. The number of nitrogens with one attached hydrogen (secondary N) is 1. The van der Waals surface area contributed by atoms with E-state index in [9.17, 15) is 9.59 Å². The van der Waals surface area contributed by atoms with Crippen molar-refractivity contribution in [2.45, 2.75) is 37.9 Å². The minimum absolute atomic E-state index is 0.0699. The zero-order valence-electron chi connectivity index (χ0n) is 18.7. The lowest BCUT2D eigenvalue weighted by Gasteiger charge is -2.17. The number of anilines is 1. The van der Waals surface area contributed by atoms with Crippen LogP contribution in [-0.2, 0) is 29.0 Å². The Balaban J connectivity index is 1.47. The van der Waals surface area contributed by atoms with Crippen LogP contribution in [0, 0.1) is 5.92 Å². The summed E-state index contributed by atoms with van der Waals surface area (Å²) >= 11 is 4.12. The maximum absolute atomic E-state index is 13.8. The molecule has 3 aromatic heterocycles. The van der Waals surface area contributed by atoms with Gasteiger partial charge in [-0.25, -0.2) is 4.98 Å². The van der Waals surface area contributed by atoms with Gasteiger partial charge in [-0.2, -0.15) is 0 Å². The zero-order valence-corrected chi connectivity index (χ0v) is 21.2. The number of para-hydroxylation sites is 1. The Kier molecular flexibility index (Phi) is 6.77. The van der Waals surface area contributed by atoms with Crippen LogP contribution >= 0.6 is 34.4 Å². The summed E-state index contributed by atoms with van der Waals surface area (Å²) in [4.78, 5) is 33.3. The Morgan fingerprint density at radius 3 is 2.88 bits per heavy atom. The van der Waals surface area contributed by atoms with Crippen molar-refractivity contribution >= 4 is 55.7 Å². The Hall–Kier alpha value is -2.60. The first-order valence-electron chi connectivity index (χ1n) is 10.9. The van der Waals surface area contributed by atoms with Gasteiger partial charge >= 0.3 is 0 Å². The molecule has 0 bridgehead atoms. The molecule has 1 aliphatic rings. The van der Waals surface area contributed by atoms with Gasteiger partial charge in [-0.3, -0.25) is 19.5 Å². The van der Waals surface area contributed by atoms with Gasteiger partial charge in [0.1, 0.15) is 16.4 Å². The molecule has 4 aromatic rings. The molecule has 3 heterocycles. The van der Waals surface area contributed by atoms with Gasteiger partial charge in [0.15, 0.2) is 5.16 Å². The second-order valence-electron chi connectivity index (χ2n) is 8.17. The van der Waals surface area contributed by atoms with Crippen molar-refractivity contribution in [3.05, 3.63) is 56.1 Å². The SMILES string of the molecule is COCc1nnc(NC(=O)CSc2nc3sc4c(c3c(=O)n2-c2ccccc2)CCC(C)C4)s1. The molecule has 0 saturated heterocycles. The summed E-state index contributed by atoms with van der Waals surface area (Å²) in [7, 11) is 1.58. The molecule has 1 amide bonds. The highest BCUT2D eigenvalue weighted by molar-refractivity contribution is 7.99. The Morgan fingerprint density at radius 2 is 2.09 bits per heavy atom. The molecule has 1 aromatic carbocycles. The molecule has 176 valence electrons. The molecule has 5 rings (SSSR count). The minimum atomic E-state index is -0.238. The number of aromatic nitrogens is 4. The predicted octanol–water partition coefficient (Wildman–Crippen LogP) is 4.30. The Labute approximate surface area is 208 Å². The lowest BCUT2D eigenvalue weighted by Crippen LogP contribution is -2.23. The summed E-state index contributed by atoms with van der Waals surface area (Å²) < 4.78 is 6.67. The van der Waals surface area contributed by atoms with Gasteiger partial charge in [0, 0.05) is 12.0 Å². The molecular formula is C23H23N5O3S3. The van der Waals surface area contributed by atoms with Crippen LogP contribution in [-0.4, -0.2) is 38.5 Å². The molecular weight excluding hydrogens is 490 g/mol. The molecule has 0 spiro atoms. The van der Waals surface area contributed by atoms with E-state index in [1.165, 1.54) is 28.0 Å². The second kappa shape index (κ2) is 9.95. The number of carbonyl (C=O) groups excluding carboxylic acids is 1. The number of nitrogens with zero attached hydrogens (tertiary/aromatic N) is 4. The molecule has 0 aliphatic heterocycles. The van der Waals surface area contributed by atoms with Crippen LogP contribution in [0.15, 0.2) is 40.3 Å². The smallest absolute Gasteiger partial charge is 0.267 e. The maximum Gasteiger partial charge on any atom is 0.267 e. The van der Waals surface area contributed by atoms with Crippen LogP contribution in [0.3, 0.4) is 0 Å². The predicted molar refractivity (Wildman–Crippen MR) is 136 cm³/mol.